The number of piperazine rings is 1. The number of amides is 1. The van der Waals surface area contributed by atoms with Crippen molar-refractivity contribution in [3.63, 3.8) is 0 Å². The first-order valence-corrected chi connectivity index (χ1v) is 13.8. The van der Waals surface area contributed by atoms with E-state index in [1.807, 2.05) is 17.0 Å². The summed E-state index contributed by atoms with van der Waals surface area (Å²) < 4.78 is 24.2. The summed E-state index contributed by atoms with van der Waals surface area (Å²) in [6.45, 7) is 4.88. The summed E-state index contributed by atoms with van der Waals surface area (Å²) in [7, 11) is -3.01. The second kappa shape index (κ2) is 10.2. The molecule has 172 valence electrons. The molecule has 8 heteroatoms. The molecule has 0 spiro atoms. The molecule has 0 bridgehead atoms. The van der Waals surface area contributed by atoms with E-state index in [0.717, 1.165) is 63.4 Å². The van der Waals surface area contributed by atoms with Crippen LogP contribution in [0.5, 0.6) is 0 Å². The van der Waals surface area contributed by atoms with Gasteiger partial charge in [0.1, 0.15) is 0 Å². The zero-order valence-electron chi connectivity index (χ0n) is 18.2. The Balaban J connectivity index is 1.32. The first-order valence-electron chi connectivity index (χ1n) is 11.6. The van der Waals surface area contributed by atoms with Crippen molar-refractivity contribution in [2.75, 3.05) is 44.2 Å². The molecule has 3 aliphatic rings. The summed E-state index contributed by atoms with van der Waals surface area (Å²) in [6, 6.07) is 8.06. The molecular weight excluding hydrogens is 434 g/mol. The smallest absolute Gasteiger partial charge is 0.237 e. The van der Waals surface area contributed by atoms with Gasteiger partial charge in [-0.1, -0.05) is 43.0 Å². The second-order valence-electron chi connectivity index (χ2n) is 9.33. The highest BCUT2D eigenvalue weighted by molar-refractivity contribution is 7.91. The molecule has 1 saturated carbocycles. The molecule has 1 aliphatic carbocycles. The maximum Gasteiger partial charge on any atom is 0.237 e. The normalized spacial score (nSPS) is 25.5. The predicted octanol–water partition coefficient (Wildman–Crippen LogP) is 2.81. The van der Waals surface area contributed by atoms with Crippen molar-refractivity contribution in [1.29, 1.82) is 0 Å². The molecule has 1 amide bonds. The Kier molecular flexibility index (Phi) is 7.57. The molecular formula is C23H34ClN3O3S. The molecule has 2 aliphatic heterocycles. The van der Waals surface area contributed by atoms with Crippen LogP contribution < -0.4 is 0 Å². The van der Waals surface area contributed by atoms with Gasteiger partial charge in [-0.05, 0) is 37.0 Å². The van der Waals surface area contributed by atoms with Crippen LogP contribution in [0.3, 0.4) is 0 Å². The number of carbonyl (C=O) groups is 1. The number of halogens is 1. The van der Waals surface area contributed by atoms with Crippen molar-refractivity contribution in [3.8, 4) is 0 Å². The zero-order chi connectivity index (χ0) is 21.8. The summed E-state index contributed by atoms with van der Waals surface area (Å²) >= 11 is 5.98. The number of benzene rings is 1. The Morgan fingerprint density at radius 3 is 2.19 bits per heavy atom. The minimum Gasteiger partial charge on any atom is -0.335 e. The lowest BCUT2D eigenvalue weighted by Crippen LogP contribution is -2.54. The number of carbonyl (C=O) groups excluding carboxylic acids is 1. The Morgan fingerprint density at radius 2 is 1.58 bits per heavy atom. The number of nitrogens with zero attached hydrogens (tertiary/aromatic N) is 3. The lowest BCUT2D eigenvalue weighted by molar-refractivity contribution is -0.138. The molecule has 31 heavy (non-hydrogen) atoms. The van der Waals surface area contributed by atoms with Gasteiger partial charge < -0.3 is 4.90 Å². The molecule has 3 fully saturated rings. The van der Waals surface area contributed by atoms with E-state index in [1.54, 1.807) is 0 Å². The first-order chi connectivity index (χ1) is 14.9. The molecule has 2 saturated heterocycles. The van der Waals surface area contributed by atoms with Crippen molar-refractivity contribution in [3.05, 3.63) is 34.9 Å². The van der Waals surface area contributed by atoms with Gasteiger partial charge in [-0.25, -0.2) is 8.42 Å². The minimum absolute atomic E-state index is 0.125. The molecule has 1 unspecified atom stereocenters. The minimum atomic E-state index is -3.01. The van der Waals surface area contributed by atoms with Crippen LogP contribution in [0.4, 0.5) is 0 Å². The standard InChI is InChI=1S/C23H34ClN3O3S/c24-20-8-6-19(7-9-20)16-25-11-13-26(14-12-25)17-23(28)27(21-4-2-1-3-5-21)22-10-15-31(29,30)18-22/h6-9,21-22H,1-5,10-18H2. The first kappa shape index (κ1) is 23.0. The molecule has 2 heterocycles. The number of hydrogen-bond donors (Lipinski definition) is 0. The third-order valence-corrected chi connectivity index (χ3v) is 9.00. The molecule has 1 atom stereocenters. The summed E-state index contributed by atoms with van der Waals surface area (Å²) in [4.78, 5) is 20.0. The second-order valence-corrected chi connectivity index (χ2v) is 12.0. The highest BCUT2D eigenvalue weighted by Gasteiger charge is 2.39. The summed E-state index contributed by atoms with van der Waals surface area (Å²) in [5, 5.41) is 0.754. The lowest BCUT2D eigenvalue weighted by Gasteiger charge is -2.40. The Hall–Kier alpha value is -1.15. The van der Waals surface area contributed by atoms with Crippen LogP contribution in [0.25, 0.3) is 0 Å². The maximum atomic E-state index is 13.4. The third-order valence-electron chi connectivity index (χ3n) is 7.00. The van der Waals surface area contributed by atoms with Crippen molar-refractivity contribution in [2.45, 2.75) is 57.2 Å². The molecule has 1 aromatic rings. The Labute approximate surface area is 191 Å². The van der Waals surface area contributed by atoms with Gasteiger partial charge in [-0.15, -0.1) is 0 Å². The van der Waals surface area contributed by atoms with Crippen LogP contribution in [0.2, 0.25) is 5.02 Å². The summed E-state index contributed by atoms with van der Waals surface area (Å²) in [5.41, 5.74) is 1.25. The average molecular weight is 468 g/mol. The van der Waals surface area contributed by atoms with Gasteiger partial charge in [0.05, 0.1) is 18.1 Å². The fraction of sp³-hybridized carbons (Fsp3) is 0.696. The molecule has 4 rings (SSSR count). The van der Waals surface area contributed by atoms with Gasteiger partial charge >= 0.3 is 0 Å². The highest BCUT2D eigenvalue weighted by atomic mass is 35.5. The number of rotatable bonds is 6. The maximum absolute atomic E-state index is 13.4. The molecule has 6 nitrogen and oxygen atoms in total. The largest absolute Gasteiger partial charge is 0.335 e. The average Bonchev–Trinajstić information content (AvgIpc) is 3.11. The van der Waals surface area contributed by atoms with Gasteiger partial charge in [0.15, 0.2) is 9.84 Å². The van der Waals surface area contributed by atoms with Crippen molar-refractivity contribution < 1.29 is 13.2 Å². The summed E-state index contributed by atoms with van der Waals surface area (Å²) in [6.07, 6.45) is 6.11. The summed E-state index contributed by atoms with van der Waals surface area (Å²) in [5.74, 6) is 0.488. The Bertz CT molecular complexity index is 847. The van der Waals surface area contributed by atoms with Crippen LogP contribution in [-0.2, 0) is 21.2 Å². The van der Waals surface area contributed by atoms with Crippen LogP contribution >= 0.6 is 11.6 Å². The quantitative estimate of drug-likeness (QED) is 0.643. The van der Waals surface area contributed by atoms with Crippen molar-refractivity contribution in [1.82, 2.24) is 14.7 Å². The van der Waals surface area contributed by atoms with E-state index in [9.17, 15) is 13.2 Å². The van der Waals surface area contributed by atoms with Gasteiger partial charge in [-0.3, -0.25) is 14.6 Å². The van der Waals surface area contributed by atoms with E-state index >= 15 is 0 Å². The fourth-order valence-corrected chi connectivity index (χ4v) is 7.12. The molecule has 0 aromatic heterocycles. The van der Waals surface area contributed by atoms with E-state index in [1.165, 1.54) is 12.0 Å². The van der Waals surface area contributed by atoms with Gasteiger partial charge in [0.25, 0.3) is 0 Å². The predicted molar refractivity (Wildman–Crippen MR) is 124 cm³/mol. The van der Waals surface area contributed by atoms with Crippen LogP contribution in [0.1, 0.15) is 44.1 Å². The lowest BCUT2D eigenvalue weighted by atomic mass is 9.92. The highest BCUT2D eigenvalue weighted by Crippen LogP contribution is 2.28. The fourth-order valence-electron chi connectivity index (χ4n) is 5.29. The van der Waals surface area contributed by atoms with Crippen LogP contribution in [0, 0.1) is 0 Å². The molecule has 0 N–H and O–H groups in total. The monoisotopic (exact) mass is 467 g/mol. The van der Waals surface area contributed by atoms with Crippen LogP contribution in [-0.4, -0.2) is 85.3 Å². The van der Waals surface area contributed by atoms with E-state index < -0.39 is 9.84 Å². The number of hydrogen-bond acceptors (Lipinski definition) is 5. The van der Waals surface area contributed by atoms with E-state index in [4.69, 9.17) is 11.6 Å². The molecule has 1 aromatic carbocycles. The van der Waals surface area contributed by atoms with E-state index in [2.05, 4.69) is 21.9 Å². The van der Waals surface area contributed by atoms with Gasteiger partial charge in [0.2, 0.25) is 5.91 Å². The van der Waals surface area contributed by atoms with Gasteiger partial charge in [0, 0.05) is 49.8 Å². The van der Waals surface area contributed by atoms with Gasteiger partial charge in [-0.2, -0.15) is 0 Å². The molecule has 0 radical (unpaired) electrons. The Morgan fingerprint density at radius 1 is 0.935 bits per heavy atom. The van der Waals surface area contributed by atoms with Crippen molar-refractivity contribution >= 4 is 27.3 Å². The zero-order valence-corrected chi connectivity index (χ0v) is 19.8. The number of sulfone groups is 1. The van der Waals surface area contributed by atoms with E-state index in [0.29, 0.717) is 13.0 Å². The SMILES string of the molecule is O=C(CN1CCN(Cc2ccc(Cl)cc2)CC1)N(C1CCCCC1)C1CCS(=O)(=O)C1. The topological polar surface area (TPSA) is 60.9 Å². The third kappa shape index (κ3) is 6.21. The van der Waals surface area contributed by atoms with Crippen LogP contribution in [0.15, 0.2) is 24.3 Å². The van der Waals surface area contributed by atoms with Crippen molar-refractivity contribution in [2.24, 2.45) is 0 Å². The van der Waals surface area contributed by atoms with E-state index in [-0.39, 0.29) is 29.5 Å².